The molecule has 4 aromatic rings. The van der Waals surface area contributed by atoms with Crippen LogP contribution in [0.25, 0.3) is 22.0 Å². The highest BCUT2D eigenvalue weighted by Gasteiger charge is 2.18. The maximum Gasteiger partial charge on any atom is 0.323 e. The van der Waals surface area contributed by atoms with Crippen LogP contribution in [-0.2, 0) is 7.05 Å². The summed E-state index contributed by atoms with van der Waals surface area (Å²) in [4.78, 5) is 25.9. The van der Waals surface area contributed by atoms with E-state index >= 15 is 0 Å². The number of rotatable bonds is 3. The molecule has 1 aromatic heterocycles. The van der Waals surface area contributed by atoms with Crippen molar-refractivity contribution in [2.75, 3.05) is 10.6 Å². The smallest absolute Gasteiger partial charge is 0.310 e. The molecule has 0 atom stereocenters. The molecule has 2 N–H and O–H groups in total. The van der Waals surface area contributed by atoms with Gasteiger partial charge in [0.2, 0.25) is 0 Å². The third-order valence-corrected chi connectivity index (χ3v) is 5.00. The number of amides is 2. The molecule has 35 heavy (non-hydrogen) atoms. The number of hydrogen-bond donors (Lipinski definition) is 2. The number of aromatic nitrogens is 1. The van der Waals surface area contributed by atoms with Crippen LogP contribution in [0.5, 0.6) is 0 Å². The van der Waals surface area contributed by atoms with Gasteiger partial charge in [-0.25, -0.2) is 4.79 Å². The molecule has 0 aliphatic rings. The lowest BCUT2D eigenvalue weighted by atomic mass is 9.99. The third kappa shape index (κ3) is 7.06. The van der Waals surface area contributed by atoms with Crippen molar-refractivity contribution in [1.29, 1.82) is 0 Å². The number of anilines is 2. The highest BCUT2D eigenvalue weighted by Crippen LogP contribution is 2.33. The molecule has 5 heteroatoms. The normalized spacial score (nSPS) is 9.37. The number of benzene rings is 3. The van der Waals surface area contributed by atoms with Crippen LogP contribution in [0.1, 0.15) is 47.1 Å². The highest BCUT2D eigenvalue weighted by atomic mass is 16.2. The predicted molar refractivity (Wildman–Crippen MR) is 152 cm³/mol. The largest absolute Gasteiger partial charge is 0.323 e. The molecule has 0 saturated heterocycles. The van der Waals surface area contributed by atoms with Crippen molar-refractivity contribution in [3.05, 3.63) is 94.8 Å². The van der Waals surface area contributed by atoms with Gasteiger partial charge in [-0.05, 0) is 30.2 Å². The summed E-state index contributed by atoms with van der Waals surface area (Å²) in [5.74, 6) is 0. The van der Waals surface area contributed by atoms with E-state index in [1.54, 1.807) is 11.6 Å². The van der Waals surface area contributed by atoms with Gasteiger partial charge in [-0.15, -0.1) is 0 Å². The summed E-state index contributed by atoms with van der Waals surface area (Å²) in [7, 11) is 1.71. The molecule has 0 bridgehead atoms. The maximum absolute atomic E-state index is 13.2. The van der Waals surface area contributed by atoms with E-state index < -0.39 is 6.03 Å². The molecule has 2 amide bonds. The van der Waals surface area contributed by atoms with Gasteiger partial charge in [0.15, 0.2) is 0 Å². The van der Waals surface area contributed by atoms with Gasteiger partial charge in [-0.3, -0.25) is 4.79 Å². The zero-order valence-electron chi connectivity index (χ0n) is 22.3. The molecule has 0 aliphatic heterocycles. The van der Waals surface area contributed by atoms with Crippen LogP contribution >= 0.6 is 0 Å². The minimum Gasteiger partial charge on any atom is -0.310 e. The van der Waals surface area contributed by atoms with Crippen molar-refractivity contribution in [2.24, 2.45) is 7.05 Å². The van der Waals surface area contributed by atoms with Gasteiger partial charge in [0.1, 0.15) is 5.69 Å². The first-order valence-corrected chi connectivity index (χ1v) is 12.4. The van der Waals surface area contributed by atoms with Gasteiger partial charge in [-0.1, -0.05) is 108 Å². The molecular weight excluding hydrogens is 434 g/mol. The number of aryl methyl sites for hydroxylation is 2. The fourth-order valence-electron chi connectivity index (χ4n) is 3.50. The second-order valence-corrected chi connectivity index (χ2v) is 6.89. The Kier molecular flexibility index (Phi) is 12.6. The number of nitrogens with zero attached hydrogens (tertiary/aromatic N) is 1. The van der Waals surface area contributed by atoms with Crippen molar-refractivity contribution < 1.29 is 4.79 Å². The zero-order chi connectivity index (χ0) is 26.4. The number of para-hydroxylation sites is 2. The molecule has 0 radical (unpaired) electrons. The summed E-state index contributed by atoms with van der Waals surface area (Å²) in [5.41, 5.74) is 4.02. The number of fused-ring (bicyclic) bond motifs is 1. The van der Waals surface area contributed by atoms with Gasteiger partial charge >= 0.3 is 6.03 Å². The third-order valence-electron chi connectivity index (χ3n) is 5.00. The lowest BCUT2D eigenvalue weighted by Crippen LogP contribution is -2.28. The Hall–Kier alpha value is -3.86. The van der Waals surface area contributed by atoms with Crippen LogP contribution < -0.4 is 16.2 Å². The van der Waals surface area contributed by atoms with E-state index in [-0.39, 0.29) is 11.2 Å². The molecule has 0 saturated carbocycles. The van der Waals surface area contributed by atoms with Crippen LogP contribution in [0.4, 0.5) is 16.2 Å². The molecule has 1 heterocycles. The first-order chi connectivity index (χ1) is 17.1. The van der Waals surface area contributed by atoms with Gasteiger partial charge in [0.25, 0.3) is 5.56 Å². The van der Waals surface area contributed by atoms with Crippen molar-refractivity contribution in [3.63, 3.8) is 0 Å². The fraction of sp³-hybridized carbons (Fsp3) is 0.267. The van der Waals surface area contributed by atoms with Gasteiger partial charge in [0, 0.05) is 23.7 Å². The predicted octanol–water partition coefficient (Wildman–Crippen LogP) is 8.24. The number of pyridine rings is 1. The van der Waals surface area contributed by atoms with E-state index in [2.05, 4.69) is 10.6 Å². The molecule has 0 spiro atoms. The van der Waals surface area contributed by atoms with Gasteiger partial charge < -0.3 is 15.2 Å². The number of carbonyl (C=O) groups is 1. The molecular formula is C30H39N3O2. The number of hydrogen-bond acceptors (Lipinski definition) is 2. The van der Waals surface area contributed by atoms with Crippen LogP contribution in [-0.4, -0.2) is 10.6 Å². The Bertz CT molecular complexity index is 1260. The average Bonchev–Trinajstić information content (AvgIpc) is 2.92. The first kappa shape index (κ1) is 29.2. The lowest BCUT2D eigenvalue weighted by molar-refractivity contribution is 0.262. The Morgan fingerprint density at radius 2 is 1.26 bits per heavy atom. The highest BCUT2D eigenvalue weighted by molar-refractivity contribution is 6.08. The summed E-state index contributed by atoms with van der Waals surface area (Å²) in [6.07, 6.45) is 0. The van der Waals surface area contributed by atoms with E-state index in [1.165, 1.54) is 0 Å². The minimum absolute atomic E-state index is 0.253. The van der Waals surface area contributed by atoms with E-state index in [9.17, 15) is 9.59 Å². The molecule has 0 aliphatic carbocycles. The van der Waals surface area contributed by atoms with Crippen molar-refractivity contribution in [1.82, 2.24) is 4.57 Å². The first-order valence-electron chi connectivity index (χ1n) is 12.4. The second-order valence-electron chi connectivity index (χ2n) is 6.89. The number of urea groups is 1. The monoisotopic (exact) mass is 473 g/mol. The second kappa shape index (κ2) is 15.1. The standard InChI is InChI=1S/C24H21N3O2.3C2H6/c1-16-10-6-8-14-19(16)25-24(29)26-22-21(17-11-4-3-5-12-17)18-13-7-9-15-20(18)27(2)23(22)28;3*1-2/h3-15H,1-2H3,(H2,25,26,29);3*1-2H3. The summed E-state index contributed by atoms with van der Waals surface area (Å²) >= 11 is 0. The molecule has 3 aromatic carbocycles. The van der Waals surface area contributed by atoms with Crippen molar-refractivity contribution in [3.8, 4) is 11.1 Å². The van der Waals surface area contributed by atoms with Crippen molar-refractivity contribution >= 4 is 28.3 Å². The van der Waals surface area contributed by atoms with Crippen LogP contribution in [0.3, 0.4) is 0 Å². The Labute approximate surface area is 209 Å². The average molecular weight is 474 g/mol. The molecule has 186 valence electrons. The minimum atomic E-state index is -0.455. The van der Waals surface area contributed by atoms with Gasteiger partial charge in [0.05, 0.1) is 5.52 Å². The van der Waals surface area contributed by atoms with Crippen LogP contribution in [0.15, 0.2) is 83.7 Å². The van der Waals surface area contributed by atoms with E-state index in [1.807, 2.05) is 127 Å². The molecule has 0 unspecified atom stereocenters. The quantitative estimate of drug-likeness (QED) is 0.315. The topological polar surface area (TPSA) is 63.1 Å². The fourth-order valence-corrected chi connectivity index (χ4v) is 3.50. The zero-order valence-corrected chi connectivity index (χ0v) is 22.3. The van der Waals surface area contributed by atoms with E-state index in [4.69, 9.17) is 0 Å². The number of nitrogens with one attached hydrogen (secondary N) is 2. The molecule has 0 fully saturated rings. The lowest BCUT2D eigenvalue weighted by Gasteiger charge is -2.17. The SMILES string of the molecule is CC.CC.CC.Cc1ccccc1NC(=O)Nc1c(-c2ccccc2)c2ccccc2n(C)c1=O. The summed E-state index contributed by atoms with van der Waals surface area (Å²) in [6, 6.07) is 24.4. The molecule has 5 nitrogen and oxygen atoms in total. The Balaban J connectivity index is 0.000000949. The molecule has 4 rings (SSSR count). The number of carbonyl (C=O) groups excluding carboxylic acids is 1. The van der Waals surface area contributed by atoms with E-state index in [0.717, 1.165) is 22.0 Å². The van der Waals surface area contributed by atoms with E-state index in [0.29, 0.717) is 11.3 Å². The summed E-state index contributed by atoms with van der Waals surface area (Å²) in [6.45, 7) is 13.9. The summed E-state index contributed by atoms with van der Waals surface area (Å²) < 4.78 is 1.56. The van der Waals surface area contributed by atoms with Crippen LogP contribution in [0, 0.1) is 6.92 Å². The van der Waals surface area contributed by atoms with Gasteiger partial charge in [-0.2, -0.15) is 0 Å². The van der Waals surface area contributed by atoms with Crippen molar-refractivity contribution in [2.45, 2.75) is 48.5 Å². The summed E-state index contributed by atoms with van der Waals surface area (Å²) in [5, 5.41) is 6.53. The maximum atomic E-state index is 13.2. The Morgan fingerprint density at radius 1 is 0.714 bits per heavy atom. The Morgan fingerprint density at radius 3 is 1.89 bits per heavy atom. The van der Waals surface area contributed by atoms with Crippen LogP contribution in [0.2, 0.25) is 0 Å².